The standard InChI is InChI=1S/C17H27N3O/c1-5-17(21)19-15-10-16(11(2)9-14(15)18)20-12(3)7-6-8-13(20)4/h9-10,12-13H,5-8,18H2,1-4H3,(H,19,21)/t12-,13-/m1/s1. The minimum Gasteiger partial charge on any atom is -0.397 e. The fraction of sp³-hybridized carbons (Fsp3) is 0.588. The number of rotatable bonds is 3. The Labute approximate surface area is 127 Å². The van der Waals surface area contributed by atoms with Crippen molar-refractivity contribution in [1.82, 2.24) is 0 Å². The molecule has 3 N–H and O–H groups in total. The lowest BCUT2D eigenvalue weighted by atomic mass is 9.95. The first-order valence-electron chi connectivity index (χ1n) is 7.92. The normalized spacial score (nSPS) is 22.2. The number of nitrogens with two attached hydrogens (primary N) is 1. The van der Waals surface area contributed by atoms with Gasteiger partial charge in [-0.1, -0.05) is 6.92 Å². The maximum Gasteiger partial charge on any atom is 0.224 e. The lowest BCUT2D eigenvalue weighted by Gasteiger charge is -2.42. The van der Waals surface area contributed by atoms with Gasteiger partial charge in [-0.25, -0.2) is 0 Å². The molecule has 1 aliphatic heterocycles. The van der Waals surface area contributed by atoms with E-state index in [0.717, 1.165) is 5.69 Å². The zero-order chi connectivity index (χ0) is 15.6. The molecule has 0 aromatic heterocycles. The quantitative estimate of drug-likeness (QED) is 0.834. The lowest BCUT2D eigenvalue weighted by molar-refractivity contribution is -0.115. The summed E-state index contributed by atoms with van der Waals surface area (Å²) in [7, 11) is 0. The van der Waals surface area contributed by atoms with Crippen molar-refractivity contribution in [2.24, 2.45) is 0 Å². The van der Waals surface area contributed by atoms with Crippen molar-refractivity contribution in [3.05, 3.63) is 17.7 Å². The molecule has 21 heavy (non-hydrogen) atoms. The van der Waals surface area contributed by atoms with Crippen LogP contribution in [0.15, 0.2) is 12.1 Å². The number of nitrogens with zero attached hydrogens (tertiary/aromatic N) is 1. The van der Waals surface area contributed by atoms with Gasteiger partial charge in [0, 0.05) is 24.2 Å². The summed E-state index contributed by atoms with van der Waals surface area (Å²) in [5.74, 6) is -0.00348. The second-order valence-electron chi connectivity index (χ2n) is 6.16. The summed E-state index contributed by atoms with van der Waals surface area (Å²) in [5, 5.41) is 2.91. The molecule has 0 aliphatic carbocycles. The second kappa shape index (κ2) is 6.37. The van der Waals surface area contributed by atoms with Gasteiger partial charge in [0.2, 0.25) is 5.91 Å². The van der Waals surface area contributed by atoms with Gasteiger partial charge < -0.3 is 16.0 Å². The summed E-state index contributed by atoms with van der Waals surface area (Å²) in [5.41, 5.74) is 9.78. The van der Waals surface area contributed by atoms with Crippen LogP contribution in [0.25, 0.3) is 0 Å². The van der Waals surface area contributed by atoms with E-state index in [4.69, 9.17) is 5.73 Å². The SMILES string of the molecule is CCC(=O)Nc1cc(N2[C@H](C)CCC[C@H]2C)c(C)cc1N. The van der Waals surface area contributed by atoms with Gasteiger partial charge in [0.25, 0.3) is 0 Å². The molecule has 0 spiro atoms. The number of hydrogen-bond acceptors (Lipinski definition) is 3. The van der Waals surface area contributed by atoms with Crippen LogP contribution in [0.1, 0.15) is 52.0 Å². The van der Waals surface area contributed by atoms with E-state index >= 15 is 0 Å². The Morgan fingerprint density at radius 1 is 1.33 bits per heavy atom. The molecular weight excluding hydrogens is 262 g/mol. The Morgan fingerprint density at radius 2 is 1.95 bits per heavy atom. The van der Waals surface area contributed by atoms with Gasteiger partial charge in [-0.05, 0) is 57.7 Å². The van der Waals surface area contributed by atoms with Crippen LogP contribution in [0.2, 0.25) is 0 Å². The van der Waals surface area contributed by atoms with E-state index in [1.165, 1.54) is 30.5 Å². The molecule has 0 unspecified atom stereocenters. The first-order valence-corrected chi connectivity index (χ1v) is 7.92. The first kappa shape index (κ1) is 15.7. The van der Waals surface area contributed by atoms with Crippen LogP contribution in [0.3, 0.4) is 0 Å². The average Bonchev–Trinajstić information content (AvgIpc) is 2.43. The highest BCUT2D eigenvalue weighted by Gasteiger charge is 2.26. The molecule has 1 heterocycles. The molecule has 4 nitrogen and oxygen atoms in total. The monoisotopic (exact) mass is 289 g/mol. The third-order valence-corrected chi connectivity index (χ3v) is 4.43. The van der Waals surface area contributed by atoms with Crippen molar-refractivity contribution in [2.45, 2.75) is 65.5 Å². The van der Waals surface area contributed by atoms with Crippen LogP contribution in [0.5, 0.6) is 0 Å². The van der Waals surface area contributed by atoms with E-state index in [0.29, 0.717) is 24.2 Å². The molecule has 1 saturated heterocycles. The molecule has 1 amide bonds. The number of anilines is 3. The highest BCUT2D eigenvalue weighted by Crippen LogP contribution is 2.35. The predicted octanol–water partition coefficient (Wildman–Crippen LogP) is 3.69. The molecule has 1 aliphatic rings. The molecular formula is C17H27N3O. The molecule has 0 saturated carbocycles. The number of amides is 1. The number of hydrogen-bond donors (Lipinski definition) is 2. The molecule has 4 heteroatoms. The third-order valence-electron chi connectivity index (χ3n) is 4.43. The summed E-state index contributed by atoms with van der Waals surface area (Å²) in [4.78, 5) is 14.1. The second-order valence-corrected chi connectivity index (χ2v) is 6.16. The van der Waals surface area contributed by atoms with Crippen molar-refractivity contribution in [1.29, 1.82) is 0 Å². The van der Waals surface area contributed by atoms with Crippen LogP contribution < -0.4 is 16.0 Å². The highest BCUT2D eigenvalue weighted by atomic mass is 16.1. The van der Waals surface area contributed by atoms with Gasteiger partial charge in [-0.3, -0.25) is 4.79 Å². The van der Waals surface area contributed by atoms with Crippen molar-refractivity contribution in [3.63, 3.8) is 0 Å². The van der Waals surface area contributed by atoms with E-state index < -0.39 is 0 Å². The van der Waals surface area contributed by atoms with Crippen LogP contribution in [-0.4, -0.2) is 18.0 Å². The van der Waals surface area contributed by atoms with Gasteiger partial charge in [-0.15, -0.1) is 0 Å². The fourth-order valence-corrected chi connectivity index (χ4v) is 3.24. The topological polar surface area (TPSA) is 58.4 Å². The van der Waals surface area contributed by atoms with E-state index in [-0.39, 0.29) is 5.91 Å². The number of piperidine rings is 1. The molecule has 0 radical (unpaired) electrons. The van der Waals surface area contributed by atoms with Gasteiger partial charge in [0.05, 0.1) is 11.4 Å². The van der Waals surface area contributed by atoms with Crippen LogP contribution in [0, 0.1) is 6.92 Å². The summed E-state index contributed by atoms with van der Waals surface area (Å²) in [6, 6.07) is 5.04. The van der Waals surface area contributed by atoms with Gasteiger partial charge in [-0.2, -0.15) is 0 Å². The van der Waals surface area contributed by atoms with Crippen molar-refractivity contribution < 1.29 is 4.79 Å². The Bertz CT molecular complexity index is 517. The van der Waals surface area contributed by atoms with Crippen molar-refractivity contribution in [2.75, 3.05) is 16.0 Å². The largest absolute Gasteiger partial charge is 0.397 e. The van der Waals surface area contributed by atoms with Crippen molar-refractivity contribution in [3.8, 4) is 0 Å². The maximum absolute atomic E-state index is 11.7. The van der Waals surface area contributed by atoms with Crippen LogP contribution in [-0.2, 0) is 4.79 Å². The predicted molar refractivity (Wildman–Crippen MR) is 89.8 cm³/mol. The Kier molecular flexibility index (Phi) is 4.76. The molecule has 116 valence electrons. The highest BCUT2D eigenvalue weighted by molar-refractivity contribution is 5.94. The molecule has 1 aromatic rings. The zero-order valence-corrected chi connectivity index (χ0v) is 13.6. The van der Waals surface area contributed by atoms with Gasteiger partial charge >= 0.3 is 0 Å². The number of nitrogens with one attached hydrogen (secondary N) is 1. The van der Waals surface area contributed by atoms with E-state index in [1.807, 2.05) is 19.1 Å². The third kappa shape index (κ3) is 3.31. The van der Waals surface area contributed by atoms with Gasteiger partial charge in [0.15, 0.2) is 0 Å². The summed E-state index contributed by atoms with van der Waals surface area (Å²) in [6.45, 7) is 8.48. The van der Waals surface area contributed by atoms with E-state index in [9.17, 15) is 4.79 Å². The van der Waals surface area contributed by atoms with Crippen LogP contribution in [0.4, 0.5) is 17.1 Å². The smallest absolute Gasteiger partial charge is 0.224 e. The lowest BCUT2D eigenvalue weighted by Crippen LogP contribution is -2.44. The Balaban J connectivity index is 2.38. The Hall–Kier alpha value is -1.71. The van der Waals surface area contributed by atoms with E-state index in [2.05, 4.69) is 31.0 Å². The maximum atomic E-state index is 11.7. The summed E-state index contributed by atoms with van der Waals surface area (Å²) in [6.07, 6.45) is 4.17. The van der Waals surface area contributed by atoms with Crippen LogP contribution >= 0.6 is 0 Å². The minimum atomic E-state index is -0.00348. The molecule has 2 rings (SSSR count). The average molecular weight is 289 g/mol. The number of carbonyl (C=O) groups is 1. The fourth-order valence-electron chi connectivity index (χ4n) is 3.24. The minimum absolute atomic E-state index is 0.00348. The Morgan fingerprint density at radius 3 is 2.52 bits per heavy atom. The first-order chi connectivity index (χ1) is 9.93. The number of carbonyl (C=O) groups excluding carboxylic acids is 1. The summed E-state index contributed by atoms with van der Waals surface area (Å²) >= 11 is 0. The number of benzene rings is 1. The molecule has 2 atom stereocenters. The van der Waals surface area contributed by atoms with Gasteiger partial charge in [0.1, 0.15) is 0 Å². The number of nitrogen functional groups attached to an aromatic ring is 1. The number of aryl methyl sites for hydroxylation is 1. The zero-order valence-electron chi connectivity index (χ0n) is 13.6. The van der Waals surface area contributed by atoms with Crippen molar-refractivity contribution >= 4 is 23.0 Å². The molecule has 0 bridgehead atoms. The molecule has 1 fully saturated rings. The summed E-state index contributed by atoms with van der Waals surface area (Å²) < 4.78 is 0. The molecule has 1 aromatic carbocycles. The van der Waals surface area contributed by atoms with E-state index in [1.54, 1.807) is 0 Å².